The molecule has 1 rings (SSSR count). The van der Waals surface area contributed by atoms with Crippen molar-refractivity contribution in [3.05, 3.63) is 0 Å². The third-order valence-electron chi connectivity index (χ3n) is 2.98. The van der Waals surface area contributed by atoms with Gasteiger partial charge in [0.05, 0.1) is 6.04 Å². The van der Waals surface area contributed by atoms with E-state index in [9.17, 15) is 0 Å². The Kier molecular flexibility index (Phi) is 2.84. The van der Waals surface area contributed by atoms with Crippen molar-refractivity contribution in [3.8, 4) is 0 Å². The Hall–Kier alpha value is -0.730. The Morgan fingerprint density at radius 3 is 2.46 bits per heavy atom. The highest BCUT2D eigenvalue weighted by molar-refractivity contribution is 5.78. The van der Waals surface area contributed by atoms with Gasteiger partial charge in [0.15, 0.2) is 5.96 Å². The van der Waals surface area contributed by atoms with Crippen molar-refractivity contribution in [2.45, 2.75) is 51.6 Å². The molecule has 1 aliphatic rings. The summed E-state index contributed by atoms with van der Waals surface area (Å²) in [6.45, 7) is 6.53. The lowest BCUT2D eigenvalue weighted by Gasteiger charge is -2.35. The molecule has 0 aromatic carbocycles. The second-order valence-electron chi connectivity index (χ2n) is 4.44. The summed E-state index contributed by atoms with van der Waals surface area (Å²) in [5.74, 6) is 0.689. The molecule has 0 bridgehead atoms. The van der Waals surface area contributed by atoms with Gasteiger partial charge < -0.3 is 10.6 Å². The Bertz CT molecular complexity index is 204. The fourth-order valence-electron chi connectivity index (χ4n) is 1.02. The van der Waals surface area contributed by atoms with Crippen LogP contribution in [-0.4, -0.2) is 29.5 Å². The average Bonchev–Trinajstić information content (AvgIpc) is 2.86. The normalized spacial score (nSPS) is 18.9. The smallest absolute Gasteiger partial charge is 0.191 e. The van der Waals surface area contributed by atoms with Gasteiger partial charge in [-0.25, -0.2) is 4.99 Å². The molecule has 13 heavy (non-hydrogen) atoms. The van der Waals surface area contributed by atoms with Crippen LogP contribution in [0.25, 0.3) is 0 Å². The van der Waals surface area contributed by atoms with E-state index in [1.807, 2.05) is 7.05 Å². The zero-order chi connectivity index (χ0) is 10.1. The van der Waals surface area contributed by atoms with Gasteiger partial charge in [0, 0.05) is 12.6 Å². The molecule has 1 saturated carbocycles. The molecule has 2 N–H and O–H groups in total. The largest absolute Gasteiger partial charge is 0.370 e. The summed E-state index contributed by atoms with van der Waals surface area (Å²) >= 11 is 0. The molecule has 3 nitrogen and oxygen atoms in total. The van der Waals surface area contributed by atoms with Crippen LogP contribution in [0, 0.1) is 0 Å². The Morgan fingerprint density at radius 2 is 2.08 bits per heavy atom. The molecule has 0 aliphatic heterocycles. The molecule has 0 saturated heterocycles. The summed E-state index contributed by atoms with van der Waals surface area (Å²) < 4.78 is 0. The van der Waals surface area contributed by atoms with Crippen LogP contribution in [0.4, 0.5) is 0 Å². The van der Waals surface area contributed by atoms with Crippen LogP contribution >= 0.6 is 0 Å². The van der Waals surface area contributed by atoms with E-state index in [4.69, 9.17) is 5.73 Å². The lowest BCUT2D eigenvalue weighted by molar-refractivity contribution is 0.243. The van der Waals surface area contributed by atoms with Gasteiger partial charge in [-0.2, -0.15) is 0 Å². The van der Waals surface area contributed by atoms with Crippen molar-refractivity contribution in [1.82, 2.24) is 4.90 Å². The molecular weight excluding hydrogens is 162 g/mol. The number of nitrogens with two attached hydrogens (primary N) is 1. The number of guanidine groups is 1. The SMILES string of the molecule is CCC(C)(C)N(C)C(N)=NC1CC1. The minimum absolute atomic E-state index is 0.114. The maximum Gasteiger partial charge on any atom is 0.191 e. The summed E-state index contributed by atoms with van der Waals surface area (Å²) in [6, 6.07) is 0.509. The van der Waals surface area contributed by atoms with Crippen molar-refractivity contribution in [3.63, 3.8) is 0 Å². The topological polar surface area (TPSA) is 41.6 Å². The van der Waals surface area contributed by atoms with Gasteiger partial charge in [-0.3, -0.25) is 0 Å². The molecule has 76 valence electrons. The molecule has 1 fully saturated rings. The van der Waals surface area contributed by atoms with E-state index in [-0.39, 0.29) is 5.54 Å². The summed E-state index contributed by atoms with van der Waals surface area (Å²) in [7, 11) is 2.02. The third kappa shape index (κ3) is 2.61. The van der Waals surface area contributed by atoms with Crippen LogP contribution in [0.5, 0.6) is 0 Å². The van der Waals surface area contributed by atoms with Gasteiger partial charge in [0.25, 0.3) is 0 Å². The van der Waals surface area contributed by atoms with Crippen LogP contribution in [0.1, 0.15) is 40.0 Å². The molecule has 1 aliphatic carbocycles. The molecule has 0 heterocycles. The van der Waals surface area contributed by atoms with Crippen LogP contribution in [0.15, 0.2) is 4.99 Å². The first-order chi connectivity index (χ1) is 5.97. The number of rotatable bonds is 3. The molecule has 0 radical (unpaired) electrons. The van der Waals surface area contributed by atoms with E-state index in [0.29, 0.717) is 12.0 Å². The van der Waals surface area contributed by atoms with Crippen molar-refractivity contribution in [1.29, 1.82) is 0 Å². The minimum Gasteiger partial charge on any atom is -0.370 e. The Labute approximate surface area is 81.0 Å². The van der Waals surface area contributed by atoms with Crippen molar-refractivity contribution in [2.75, 3.05) is 7.05 Å². The number of nitrogens with zero attached hydrogens (tertiary/aromatic N) is 2. The van der Waals surface area contributed by atoms with Crippen molar-refractivity contribution in [2.24, 2.45) is 10.7 Å². The Balaban J connectivity index is 2.59. The summed E-state index contributed by atoms with van der Waals surface area (Å²) in [4.78, 5) is 6.50. The van der Waals surface area contributed by atoms with Crippen LogP contribution in [0.3, 0.4) is 0 Å². The van der Waals surface area contributed by atoms with E-state index in [0.717, 1.165) is 6.42 Å². The zero-order valence-electron chi connectivity index (χ0n) is 9.17. The Morgan fingerprint density at radius 1 is 1.54 bits per heavy atom. The predicted octanol–water partition coefficient (Wildman–Crippen LogP) is 1.58. The molecule has 0 unspecified atom stereocenters. The monoisotopic (exact) mass is 183 g/mol. The van der Waals surface area contributed by atoms with Crippen molar-refractivity contribution >= 4 is 5.96 Å². The predicted molar refractivity (Wildman–Crippen MR) is 56.8 cm³/mol. The van der Waals surface area contributed by atoms with Gasteiger partial charge >= 0.3 is 0 Å². The molecule has 0 amide bonds. The fraction of sp³-hybridized carbons (Fsp3) is 0.900. The van der Waals surface area contributed by atoms with Crippen molar-refractivity contribution < 1.29 is 0 Å². The number of hydrogen-bond donors (Lipinski definition) is 1. The molecule has 3 heteroatoms. The lowest BCUT2D eigenvalue weighted by atomic mass is 10.0. The fourth-order valence-corrected chi connectivity index (χ4v) is 1.02. The van der Waals surface area contributed by atoms with Gasteiger partial charge in [-0.05, 0) is 33.1 Å². The molecule has 0 spiro atoms. The second kappa shape index (κ2) is 3.56. The van der Waals surface area contributed by atoms with E-state index in [1.165, 1.54) is 12.8 Å². The highest BCUT2D eigenvalue weighted by Crippen LogP contribution is 2.24. The first-order valence-corrected chi connectivity index (χ1v) is 5.04. The van der Waals surface area contributed by atoms with E-state index in [2.05, 4.69) is 30.7 Å². The van der Waals surface area contributed by atoms with E-state index < -0.39 is 0 Å². The van der Waals surface area contributed by atoms with Gasteiger partial charge in [0.1, 0.15) is 0 Å². The molecule has 0 aromatic rings. The second-order valence-corrected chi connectivity index (χ2v) is 4.44. The van der Waals surface area contributed by atoms with Crippen LogP contribution < -0.4 is 5.73 Å². The lowest BCUT2D eigenvalue weighted by Crippen LogP contribution is -2.48. The standard InChI is InChI=1S/C10H21N3/c1-5-10(2,3)13(4)9(11)12-8-6-7-8/h8H,5-7H2,1-4H3,(H2,11,12). The third-order valence-corrected chi connectivity index (χ3v) is 2.98. The summed E-state index contributed by atoms with van der Waals surface area (Å²) in [5, 5.41) is 0. The minimum atomic E-state index is 0.114. The van der Waals surface area contributed by atoms with E-state index >= 15 is 0 Å². The molecular formula is C10H21N3. The summed E-state index contributed by atoms with van der Waals surface area (Å²) in [5.41, 5.74) is 6.01. The van der Waals surface area contributed by atoms with Gasteiger partial charge in [-0.15, -0.1) is 0 Å². The molecule has 0 aromatic heterocycles. The maximum atomic E-state index is 5.90. The quantitative estimate of drug-likeness (QED) is 0.533. The van der Waals surface area contributed by atoms with Crippen LogP contribution in [0.2, 0.25) is 0 Å². The van der Waals surface area contributed by atoms with Gasteiger partial charge in [-0.1, -0.05) is 6.92 Å². The van der Waals surface area contributed by atoms with E-state index in [1.54, 1.807) is 0 Å². The first kappa shape index (κ1) is 10.4. The summed E-state index contributed by atoms with van der Waals surface area (Å²) in [6.07, 6.45) is 3.49. The molecule has 0 atom stereocenters. The zero-order valence-corrected chi connectivity index (χ0v) is 9.17. The average molecular weight is 183 g/mol. The van der Waals surface area contributed by atoms with Gasteiger partial charge in [0.2, 0.25) is 0 Å². The number of aliphatic imine (C=N–C) groups is 1. The number of hydrogen-bond acceptors (Lipinski definition) is 1. The van der Waals surface area contributed by atoms with Crippen LogP contribution in [-0.2, 0) is 0 Å². The highest BCUT2D eigenvalue weighted by atomic mass is 15.3. The first-order valence-electron chi connectivity index (χ1n) is 5.04. The maximum absolute atomic E-state index is 5.90. The highest BCUT2D eigenvalue weighted by Gasteiger charge is 2.26.